The molecule has 358 valence electrons. The quantitative estimate of drug-likeness (QED) is 0.109. The van der Waals surface area contributed by atoms with Crippen LogP contribution in [0.2, 0.25) is 13.1 Å². The lowest BCUT2D eigenvalue weighted by atomic mass is 10.0. The van der Waals surface area contributed by atoms with Gasteiger partial charge in [0, 0.05) is 25.5 Å². The van der Waals surface area contributed by atoms with Crippen LogP contribution in [-0.4, -0.2) is 142 Å². The molecule has 4 amide bonds. The molecule has 0 bridgehead atoms. The minimum absolute atomic E-state index is 0.116. The third-order valence-electron chi connectivity index (χ3n) is 13.0. The topological polar surface area (TPSA) is 236 Å². The summed E-state index contributed by atoms with van der Waals surface area (Å²) in [7, 11) is 1.55. The van der Waals surface area contributed by atoms with Crippen molar-refractivity contribution >= 4 is 53.7 Å². The number of H-pyrrole nitrogens is 2. The largest absolute Gasteiger partial charge is 0.453 e. The Balaban J connectivity index is 0.981. The average Bonchev–Trinajstić information content (AvgIpc) is 4.22. The van der Waals surface area contributed by atoms with Crippen molar-refractivity contribution in [1.29, 1.82) is 0 Å². The normalized spacial score (nSPS) is 19.4. The number of alkyl carbamates (subject to hydrolysis) is 2. The minimum atomic E-state index is -0.789. The first kappa shape index (κ1) is 47.5. The van der Waals surface area contributed by atoms with Gasteiger partial charge in [0.1, 0.15) is 23.7 Å². The van der Waals surface area contributed by atoms with E-state index in [0.29, 0.717) is 37.6 Å². The van der Waals surface area contributed by atoms with E-state index in [1.165, 1.54) is 14.2 Å². The molecule has 6 heterocycles. The van der Waals surface area contributed by atoms with Crippen LogP contribution < -0.4 is 21.3 Å². The van der Waals surface area contributed by atoms with Crippen molar-refractivity contribution in [3.63, 3.8) is 0 Å². The van der Waals surface area contributed by atoms with Crippen molar-refractivity contribution in [2.45, 2.75) is 89.9 Å². The van der Waals surface area contributed by atoms with Gasteiger partial charge < -0.3 is 39.9 Å². The summed E-state index contributed by atoms with van der Waals surface area (Å²) in [6, 6.07) is 13.8. The number of hydrogen-bond acceptors (Lipinski definition) is 12. The molecule has 22 heteroatoms. The SMILES string of the molecule is COC(=O)N[C@H](C(=O)N1C[C@H](n2cc([SiH2]C)nn2)C[C@H]1c1ncc(-c2ccc(-c3ccc(-c4cnc([C@@H]5C[C@@H](n6cc([SiH2]C)nn6)CN5C(=O)[C@@H](NC(=O)OC)C(C)C)[nH]4)cc3)cc2)[nH]1)C(C)C. The lowest BCUT2D eigenvalue weighted by Gasteiger charge is -2.29. The van der Waals surface area contributed by atoms with Gasteiger partial charge in [-0.3, -0.25) is 9.59 Å². The molecule has 6 atom stereocenters. The zero-order valence-corrected chi connectivity index (χ0v) is 42.5. The summed E-state index contributed by atoms with van der Waals surface area (Å²) in [5.41, 5.74) is 5.53. The van der Waals surface area contributed by atoms with Crippen molar-refractivity contribution in [2.24, 2.45) is 11.8 Å². The van der Waals surface area contributed by atoms with Crippen molar-refractivity contribution in [3.05, 3.63) is 85.0 Å². The van der Waals surface area contributed by atoms with Crippen LogP contribution in [0.1, 0.15) is 76.4 Å². The Morgan fingerprint density at radius 3 is 1.31 bits per heavy atom. The molecule has 0 spiro atoms. The van der Waals surface area contributed by atoms with Crippen LogP contribution in [0.3, 0.4) is 0 Å². The van der Waals surface area contributed by atoms with Crippen molar-refractivity contribution in [2.75, 3.05) is 27.3 Å². The van der Waals surface area contributed by atoms with Gasteiger partial charge in [-0.05, 0) is 46.9 Å². The number of carbonyl (C=O) groups excluding carboxylic acids is 4. The second kappa shape index (κ2) is 20.5. The average molecular weight is 961 g/mol. The summed E-state index contributed by atoms with van der Waals surface area (Å²) in [6.45, 7) is 12.7. The van der Waals surface area contributed by atoms with E-state index >= 15 is 0 Å². The van der Waals surface area contributed by atoms with Crippen molar-refractivity contribution < 1.29 is 28.7 Å². The Morgan fingerprint density at radius 2 is 0.985 bits per heavy atom. The number of imidazole rings is 2. The fraction of sp³-hybridized carbons (Fsp3) is 0.435. The maximum Gasteiger partial charge on any atom is 0.407 e. The number of nitrogens with one attached hydrogen (secondary N) is 4. The van der Waals surface area contributed by atoms with Crippen LogP contribution in [0.15, 0.2) is 73.3 Å². The van der Waals surface area contributed by atoms with E-state index in [2.05, 4.69) is 78.6 Å². The molecule has 4 N–H and O–H groups in total. The van der Waals surface area contributed by atoms with Crippen molar-refractivity contribution in [3.8, 4) is 33.6 Å². The Labute approximate surface area is 399 Å². The first-order valence-corrected chi connectivity index (χ1v) is 27.4. The predicted molar refractivity (Wildman–Crippen MR) is 260 cm³/mol. The summed E-state index contributed by atoms with van der Waals surface area (Å²) >= 11 is 0. The number of carbonyl (C=O) groups is 4. The summed E-state index contributed by atoms with van der Waals surface area (Å²) in [5, 5.41) is 25.0. The lowest BCUT2D eigenvalue weighted by molar-refractivity contribution is -0.136. The molecule has 2 aliphatic rings. The second-order valence-electron chi connectivity index (χ2n) is 18.1. The Morgan fingerprint density at radius 1 is 0.618 bits per heavy atom. The number of ether oxygens (including phenoxy) is 2. The van der Waals surface area contributed by atoms with Crippen LogP contribution in [0, 0.1) is 11.8 Å². The highest BCUT2D eigenvalue weighted by atomic mass is 28.2. The maximum absolute atomic E-state index is 14.2. The number of rotatable bonds is 15. The molecule has 2 aliphatic heterocycles. The smallest absolute Gasteiger partial charge is 0.407 e. The van der Waals surface area contributed by atoms with Gasteiger partial charge in [-0.1, -0.05) is 99.7 Å². The molecule has 0 unspecified atom stereocenters. The molecular formula is C46H60N14O6Si2. The number of amides is 4. The zero-order chi connectivity index (χ0) is 48.2. The van der Waals surface area contributed by atoms with Crippen LogP contribution in [-0.2, 0) is 19.1 Å². The Hall–Kier alpha value is -6.95. The monoisotopic (exact) mass is 960 g/mol. The molecule has 68 heavy (non-hydrogen) atoms. The number of aromatic amines is 2. The number of hydrogen-bond donors (Lipinski definition) is 4. The number of benzene rings is 2. The molecule has 20 nitrogen and oxygen atoms in total. The highest BCUT2D eigenvalue weighted by molar-refractivity contribution is 6.50. The van der Waals surface area contributed by atoms with Gasteiger partial charge in [0.25, 0.3) is 0 Å². The van der Waals surface area contributed by atoms with Crippen molar-refractivity contribution in [1.82, 2.24) is 70.4 Å². The minimum Gasteiger partial charge on any atom is -0.453 e. The first-order valence-electron chi connectivity index (χ1n) is 23.2. The molecule has 6 aromatic rings. The van der Waals surface area contributed by atoms with Gasteiger partial charge in [0.15, 0.2) is 0 Å². The van der Waals surface area contributed by atoms with Gasteiger partial charge in [-0.15, -0.1) is 10.2 Å². The fourth-order valence-corrected chi connectivity index (χ4v) is 10.2. The molecule has 8 rings (SSSR count). The number of methoxy groups -OCH3 is 2. The standard InChI is InChI=1S/C46H60N14O6Si2/c1-25(2)39(51-45(63)65-5)43(61)57-21-31(59-23-37(67-7)53-55-59)17-35(57)41-47-19-33(49-41)29-13-9-27(10-14-29)28-11-15-30(16-12-28)34-20-48-42(50-34)36-18-32(60-24-38(68-8)54-56-60)22-58(36)44(62)40(26(3)4)52-46(64)66-6/h9-16,19-20,23-26,31-32,35-36,39-40H,17-18,21-22,67-68H2,1-8H3,(H,47,49)(H,48,50)(H,51,63)(H,52,64)/t31-,32-,35+,36+,39+,40+/m1/s1. The van der Waals surface area contributed by atoms with E-state index in [1.54, 1.807) is 22.2 Å². The second-order valence-corrected chi connectivity index (χ2v) is 21.0. The lowest BCUT2D eigenvalue weighted by Crippen LogP contribution is -2.51. The first-order chi connectivity index (χ1) is 32.8. The van der Waals surface area contributed by atoms with E-state index in [4.69, 9.17) is 19.4 Å². The molecule has 0 radical (unpaired) electrons. The van der Waals surface area contributed by atoms with Gasteiger partial charge >= 0.3 is 12.2 Å². The molecule has 0 aliphatic carbocycles. The number of nitrogens with zero attached hydrogens (tertiary/aromatic N) is 10. The van der Waals surface area contributed by atoms with Crippen LogP contribution in [0.25, 0.3) is 33.6 Å². The zero-order valence-electron chi connectivity index (χ0n) is 39.7. The fourth-order valence-electron chi connectivity index (χ4n) is 9.07. The molecule has 4 aromatic heterocycles. The molecule has 0 saturated carbocycles. The third-order valence-corrected chi connectivity index (χ3v) is 15.1. The summed E-state index contributed by atoms with van der Waals surface area (Å²) in [4.78, 5) is 73.1. The summed E-state index contributed by atoms with van der Waals surface area (Å²) in [6.07, 6.45) is 7.37. The highest BCUT2D eigenvalue weighted by Gasteiger charge is 2.44. The van der Waals surface area contributed by atoms with Gasteiger partial charge in [-0.25, -0.2) is 28.9 Å². The summed E-state index contributed by atoms with van der Waals surface area (Å²) < 4.78 is 13.4. The van der Waals surface area contributed by atoms with E-state index in [0.717, 1.165) is 44.3 Å². The third kappa shape index (κ3) is 10.0. The molecule has 2 aromatic carbocycles. The molecule has 2 fully saturated rings. The number of aromatic nitrogens is 10. The Bertz CT molecular complexity index is 2530. The van der Waals surface area contributed by atoms with Gasteiger partial charge in [0.2, 0.25) is 11.8 Å². The van der Waals surface area contributed by atoms with Crippen LogP contribution in [0.5, 0.6) is 0 Å². The predicted octanol–water partition coefficient (Wildman–Crippen LogP) is 2.79. The van der Waals surface area contributed by atoms with E-state index < -0.39 is 55.4 Å². The van der Waals surface area contributed by atoms with Gasteiger partial charge in [-0.2, -0.15) is 0 Å². The Kier molecular flexibility index (Phi) is 14.3. The van der Waals surface area contributed by atoms with E-state index in [-0.39, 0.29) is 35.7 Å². The molecular weight excluding hydrogens is 901 g/mol. The number of likely N-dealkylation sites (tertiary alicyclic amines) is 2. The van der Waals surface area contributed by atoms with Crippen LogP contribution >= 0.6 is 0 Å². The van der Waals surface area contributed by atoms with E-state index in [1.807, 2.05) is 73.7 Å². The molecule has 2 saturated heterocycles. The maximum atomic E-state index is 14.2. The van der Waals surface area contributed by atoms with Crippen LogP contribution in [0.4, 0.5) is 9.59 Å². The summed E-state index contributed by atoms with van der Waals surface area (Å²) in [5.74, 6) is 0.492. The van der Waals surface area contributed by atoms with E-state index in [9.17, 15) is 19.2 Å². The highest BCUT2D eigenvalue weighted by Crippen LogP contribution is 2.40. The van der Waals surface area contributed by atoms with Gasteiger partial charge in [0.05, 0.1) is 91.8 Å².